The van der Waals surface area contributed by atoms with Gasteiger partial charge in [0.15, 0.2) is 5.78 Å². The number of fused-ring (bicyclic) bond motifs is 1. The minimum atomic E-state index is -4.78. The standard InChI is InChI=1S/C11H16O5S.Na/c1-11(17(14,15)16)6-9(12)7-4-2-3-5-8(7)10(11)13;/h7-8H,2-6H2,1H3,(H,14,15,16);/q;+1/p-1. The second-order valence-corrected chi connectivity index (χ2v) is 7.00. The summed E-state index contributed by atoms with van der Waals surface area (Å²) in [6.45, 7) is 1.10. The molecule has 0 amide bonds. The van der Waals surface area contributed by atoms with Crippen molar-refractivity contribution >= 4 is 21.7 Å². The van der Waals surface area contributed by atoms with Crippen molar-refractivity contribution in [2.45, 2.75) is 43.8 Å². The number of rotatable bonds is 1. The molecule has 18 heavy (non-hydrogen) atoms. The molecule has 0 aromatic rings. The monoisotopic (exact) mass is 282 g/mol. The molecule has 2 rings (SSSR count). The van der Waals surface area contributed by atoms with E-state index in [9.17, 15) is 22.6 Å². The Kier molecular flexibility index (Phi) is 4.82. The summed E-state index contributed by atoms with van der Waals surface area (Å²) in [5.74, 6) is -1.70. The smallest absolute Gasteiger partial charge is 0.747 e. The summed E-state index contributed by atoms with van der Waals surface area (Å²) in [5.41, 5.74) is 0. The van der Waals surface area contributed by atoms with Gasteiger partial charge in [0.05, 0.1) is 0 Å². The van der Waals surface area contributed by atoms with Crippen molar-refractivity contribution in [3.8, 4) is 0 Å². The van der Waals surface area contributed by atoms with Gasteiger partial charge in [-0.25, -0.2) is 8.42 Å². The summed E-state index contributed by atoms with van der Waals surface area (Å²) in [6.07, 6.45) is 2.43. The molecule has 7 heteroatoms. The van der Waals surface area contributed by atoms with Crippen LogP contribution in [-0.4, -0.2) is 29.3 Å². The molecule has 5 nitrogen and oxygen atoms in total. The van der Waals surface area contributed by atoms with Crippen molar-refractivity contribution in [3.63, 3.8) is 0 Å². The third-order valence-corrected chi connectivity index (χ3v) is 5.55. The SMILES string of the molecule is CC1(S(=O)(=O)[O-])CC(=O)C2CCCCC2C1=O.[Na+]. The van der Waals surface area contributed by atoms with Crippen LogP contribution in [0.15, 0.2) is 0 Å². The molecular weight excluding hydrogens is 267 g/mol. The van der Waals surface area contributed by atoms with Crippen LogP contribution < -0.4 is 29.6 Å². The molecule has 0 radical (unpaired) electrons. The zero-order chi connectivity index (χ0) is 12.8. The summed E-state index contributed by atoms with van der Waals surface area (Å²) in [4.78, 5) is 24.0. The Morgan fingerprint density at radius 2 is 1.67 bits per heavy atom. The first kappa shape index (κ1) is 16.3. The van der Waals surface area contributed by atoms with E-state index >= 15 is 0 Å². The van der Waals surface area contributed by atoms with Crippen LogP contribution in [0.5, 0.6) is 0 Å². The molecule has 3 atom stereocenters. The molecule has 0 bridgehead atoms. The maximum absolute atomic E-state index is 12.1. The maximum atomic E-state index is 12.1. The number of Topliss-reactive ketones (excluding diaryl/α,β-unsaturated/α-hetero) is 2. The van der Waals surface area contributed by atoms with Crippen molar-refractivity contribution in [2.75, 3.05) is 0 Å². The van der Waals surface area contributed by atoms with Crippen molar-refractivity contribution < 1.29 is 52.1 Å². The van der Waals surface area contributed by atoms with E-state index in [0.29, 0.717) is 12.8 Å². The van der Waals surface area contributed by atoms with Crippen molar-refractivity contribution in [2.24, 2.45) is 11.8 Å². The van der Waals surface area contributed by atoms with E-state index < -0.39 is 33.0 Å². The van der Waals surface area contributed by atoms with Crippen molar-refractivity contribution in [1.29, 1.82) is 0 Å². The minimum Gasteiger partial charge on any atom is -0.747 e. The number of carbonyl (C=O) groups excluding carboxylic acids is 2. The molecule has 0 aliphatic heterocycles. The quantitative estimate of drug-likeness (QED) is 0.396. The van der Waals surface area contributed by atoms with E-state index in [2.05, 4.69) is 0 Å². The summed E-state index contributed by atoms with van der Waals surface area (Å²) in [5, 5.41) is 0. The molecule has 0 heterocycles. The molecule has 2 aliphatic rings. The van der Waals surface area contributed by atoms with Gasteiger partial charge in [0, 0.05) is 18.3 Å². The Balaban J connectivity index is 0.00000162. The number of hydrogen-bond donors (Lipinski definition) is 0. The van der Waals surface area contributed by atoms with Gasteiger partial charge in [0.1, 0.15) is 20.6 Å². The van der Waals surface area contributed by atoms with Crippen LogP contribution in [0.25, 0.3) is 0 Å². The molecule has 0 spiro atoms. The van der Waals surface area contributed by atoms with Gasteiger partial charge in [-0.1, -0.05) is 12.8 Å². The molecule has 3 unspecified atom stereocenters. The van der Waals surface area contributed by atoms with E-state index in [1.165, 1.54) is 0 Å². The van der Waals surface area contributed by atoms with Crippen LogP contribution in [0.4, 0.5) is 0 Å². The Bertz CT molecular complexity index is 472. The minimum absolute atomic E-state index is 0. The van der Waals surface area contributed by atoms with Gasteiger partial charge < -0.3 is 4.55 Å². The molecule has 0 aromatic heterocycles. The van der Waals surface area contributed by atoms with E-state index in [-0.39, 0.29) is 41.3 Å². The second kappa shape index (κ2) is 5.32. The van der Waals surface area contributed by atoms with Crippen molar-refractivity contribution in [3.05, 3.63) is 0 Å². The predicted octanol–water partition coefficient (Wildman–Crippen LogP) is -2.36. The zero-order valence-electron chi connectivity index (χ0n) is 10.6. The molecule has 0 saturated heterocycles. The molecule has 2 fully saturated rings. The molecule has 2 saturated carbocycles. The van der Waals surface area contributed by atoms with Crippen LogP contribution in [-0.2, 0) is 19.7 Å². The van der Waals surface area contributed by atoms with Gasteiger partial charge in [-0.15, -0.1) is 0 Å². The van der Waals surface area contributed by atoms with Crippen LogP contribution in [0.2, 0.25) is 0 Å². The average Bonchev–Trinajstić information content (AvgIpc) is 2.25. The summed E-state index contributed by atoms with van der Waals surface area (Å²) >= 11 is 0. The van der Waals surface area contributed by atoms with Crippen molar-refractivity contribution in [1.82, 2.24) is 0 Å². The fourth-order valence-corrected chi connectivity index (χ4v) is 3.70. The molecule has 0 N–H and O–H groups in total. The largest absolute Gasteiger partial charge is 1.00 e. The van der Waals surface area contributed by atoms with Gasteiger partial charge in [-0.3, -0.25) is 9.59 Å². The van der Waals surface area contributed by atoms with Gasteiger partial charge >= 0.3 is 29.6 Å². The Labute approximate surface area is 129 Å². The van der Waals surface area contributed by atoms with Gasteiger partial charge in [-0.05, 0) is 19.8 Å². The van der Waals surface area contributed by atoms with E-state index in [0.717, 1.165) is 19.8 Å². The van der Waals surface area contributed by atoms with Crippen LogP contribution in [0.3, 0.4) is 0 Å². The molecular formula is C11H15NaO5S. The summed E-state index contributed by atoms with van der Waals surface area (Å²) < 4.78 is 31.6. The summed E-state index contributed by atoms with van der Waals surface area (Å²) in [6, 6.07) is 0. The third kappa shape index (κ3) is 2.45. The molecule has 96 valence electrons. The zero-order valence-corrected chi connectivity index (χ0v) is 13.5. The first-order valence-electron chi connectivity index (χ1n) is 5.80. The Morgan fingerprint density at radius 1 is 1.17 bits per heavy atom. The Hall–Kier alpha value is 0.250. The van der Waals surface area contributed by atoms with E-state index in [4.69, 9.17) is 0 Å². The average molecular weight is 282 g/mol. The van der Waals surface area contributed by atoms with E-state index in [1.807, 2.05) is 0 Å². The normalized spacial score (nSPS) is 36.8. The fraction of sp³-hybridized carbons (Fsp3) is 0.818. The van der Waals surface area contributed by atoms with E-state index in [1.54, 1.807) is 0 Å². The topological polar surface area (TPSA) is 91.3 Å². The fourth-order valence-electron chi connectivity index (χ4n) is 2.98. The first-order chi connectivity index (χ1) is 7.77. The first-order valence-corrected chi connectivity index (χ1v) is 7.20. The third-order valence-electron chi connectivity index (χ3n) is 4.10. The number of ketones is 2. The van der Waals surface area contributed by atoms with Crippen LogP contribution in [0.1, 0.15) is 39.0 Å². The Morgan fingerprint density at radius 3 is 2.17 bits per heavy atom. The van der Waals surface area contributed by atoms with Gasteiger partial charge in [0.25, 0.3) is 0 Å². The molecule has 0 aromatic carbocycles. The molecule has 2 aliphatic carbocycles. The number of hydrogen-bond acceptors (Lipinski definition) is 5. The second-order valence-electron chi connectivity index (χ2n) is 5.19. The maximum Gasteiger partial charge on any atom is 1.00 e. The predicted molar refractivity (Wildman–Crippen MR) is 58.2 cm³/mol. The van der Waals surface area contributed by atoms with Gasteiger partial charge in [-0.2, -0.15) is 0 Å². The van der Waals surface area contributed by atoms with Gasteiger partial charge in [0.2, 0.25) is 0 Å². The summed E-state index contributed by atoms with van der Waals surface area (Å²) in [7, 11) is -4.78. The van der Waals surface area contributed by atoms with Crippen LogP contribution >= 0.6 is 0 Å². The number of carbonyl (C=O) groups is 2. The van der Waals surface area contributed by atoms with Crippen LogP contribution in [0, 0.1) is 11.8 Å².